The number of carbonyl (C=O) groups excluding carboxylic acids is 3. The Labute approximate surface area is 173 Å². The van der Waals surface area contributed by atoms with Gasteiger partial charge in [-0.2, -0.15) is 0 Å². The van der Waals surface area contributed by atoms with Crippen molar-refractivity contribution in [1.82, 2.24) is 10.2 Å². The minimum Gasteiger partial charge on any atom is -0.366 e. The van der Waals surface area contributed by atoms with Crippen molar-refractivity contribution in [2.24, 2.45) is 5.92 Å². The van der Waals surface area contributed by atoms with Crippen LogP contribution in [0, 0.1) is 11.7 Å². The predicted molar refractivity (Wildman–Crippen MR) is 104 cm³/mol. The Kier molecular flexibility index (Phi) is 5.88. The highest BCUT2D eigenvalue weighted by Crippen LogP contribution is 2.34. The van der Waals surface area contributed by atoms with Crippen LogP contribution in [-0.2, 0) is 14.3 Å². The maximum absolute atomic E-state index is 13.5. The Morgan fingerprint density at radius 1 is 1.24 bits per heavy atom. The lowest BCUT2D eigenvalue weighted by Crippen LogP contribution is -2.55. The van der Waals surface area contributed by atoms with Gasteiger partial charge in [0.05, 0.1) is 5.38 Å². The van der Waals surface area contributed by atoms with Gasteiger partial charge in [-0.15, -0.1) is 11.6 Å². The molecule has 0 bridgehead atoms. The van der Waals surface area contributed by atoms with E-state index in [1.807, 2.05) is 0 Å². The molecule has 2 amide bonds. The lowest BCUT2D eigenvalue weighted by Gasteiger charge is -2.34. The summed E-state index contributed by atoms with van der Waals surface area (Å²) in [6.45, 7) is 0.159. The number of Topliss-reactive ketones (excluding diaryl/α,β-unsaturated/α-hetero) is 1. The number of alkyl halides is 1. The summed E-state index contributed by atoms with van der Waals surface area (Å²) in [6.07, 6.45) is 4.19. The molecule has 2 aliphatic heterocycles. The fourth-order valence-electron chi connectivity index (χ4n) is 4.71. The third kappa shape index (κ3) is 4.03. The second-order valence-corrected chi connectivity index (χ2v) is 8.61. The molecule has 2 heterocycles. The van der Waals surface area contributed by atoms with Crippen molar-refractivity contribution in [2.75, 3.05) is 13.2 Å². The Morgan fingerprint density at radius 2 is 2.00 bits per heavy atom. The lowest BCUT2D eigenvalue weighted by atomic mass is 9.83. The SMILES string of the molecule is O=C(N[C@H](C(=O)N1C[C@H](Cl)[C@H]2OCC(=O)[C@H]21)C1CCCCC1)c1cccc(F)c1. The van der Waals surface area contributed by atoms with Crippen molar-refractivity contribution in [3.8, 4) is 0 Å². The molecule has 4 rings (SSSR count). The molecule has 1 aromatic rings. The van der Waals surface area contributed by atoms with E-state index in [2.05, 4.69) is 5.32 Å². The van der Waals surface area contributed by atoms with Crippen LogP contribution in [0.15, 0.2) is 24.3 Å². The molecule has 6 nitrogen and oxygen atoms in total. The first-order valence-corrected chi connectivity index (χ1v) is 10.5. The zero-order chi connectivity index (χ0) is 20.5. The van der Waals surface area contributed by atoms with Crippen LogP contribution in [0.1, 0.15) is 42.5 Å². The van der Waals surface area contributed by atoms with Crippen molar-refractivity contribution >= 4 is 29.2 Å². The first-order valence-electron chi connectivity index (χ1n) is 10.1. The average molecular weight is 423 g/mol. The van der Waals surface area contributed by atoms with Crippen molar-refractivity contribution in [3.63, 3.8) is 0 Å². The van der Waals surface area contributed by atoms with Crippen LogP contribution < -0.4 is 5.32 Å². The Hall–Kier alpha value is -1.99. The molecule has 1 aromatic carbocycles. The summed E-state index contributed by atoms with van der Waals surface area (Å²) in [5.74, 6) is -1.51. The second kappa shape index (κ2) is 8.40. The molecular weight excluding hydrogens is 399 g/mol. The highest BCUT2D eigenvalue weighted by Gasteiger charge is 2.53. The maximum atomic E-state index is 13.5. The maximum Gasteiger partial charge on any atom is 0.252 e. The van der Waals surface area contributed by atoms with Gasteiger partial charge in [0.1, 0.15) is 30.6 Å². The Balaban J connectivity index is 1.57. The predicted octanol–water partition coefficient (Wildman–Crippen LogP) is 2.29. The number of carbonyl (C=O) groups is 3. The first kappa shape index (κ1) is 20.3. The number of fused-ring (bicyclic) bond motifs is 1. The summed E-state index contributed by atoms with van der Waals surface area (Å²) in [6, 6.07) is 3.91. The highest BCUT2D eigenvalue weighted by atomic mass is 35.5. The molecule has 0 aromatic heterocycles. The van der Waals surface area contributed by atoms with Crippen molar-refractivity contribution in [1.29, 1.82) is 0 Å². The third-order valence-electron chi connectivity index (χ3n) is 6.17. The summed E-state index contributed by atoms with van der Waals surface area (Å²) in [5.41, 5.74) is 0.161. The van der Waals surface area contributed by atoms with E-state index < -0.39 is 35.3 Å². The van der Waals surface area contributed by atoms with Gasteiger partial charge in [0.25, 0.3) is 5.91 Å². The molecular formula is C21H24ClFN2O4. The molecule has 156 valence electrons. The van der Waals surface area contributed by atoms with Gasteiger partial charge in [-0.3, -0.25) is 14.4 Å². The highest BCUT2D eigenvalue weighted by molar-refractivity contribution is 6.22. The van der Waals surface area contributed by atoms with Crippen LogP contribution in [-0.4, -0.2) is 59.2 Å². The van der Waals surface area contributed by atoms with Crippen molar-refractivity contribution in [2.45, 2.75) is 55.7 Å². The van der Waals surface area contributed by atoms with Gasteiger partial charge in [-0.25, -0.2) is 4.39 Å². The lowest BCUT2D eigenvalue weighted by molar-refractivity contribution is -0.139. The fourth-order valence-corrected chi connectivity index (χ4v) is 5.06. The third-order valence-corrected chi connectivity index (χ3v) is 6.55. The van der Waals surface area contributed by atoms with E-state index in [0.29, 0.717) is 0 Å². The number of hydrogen-bond donors (Lipinski definition) is 1. The Bertz CT molecular complexity index is 814. The molecule has 0 radical (unpaired) electrons. The van der Waals surface area contributed by atoms with Gasteiger partial charge in [0.2, 0.25) is 5.91 Å². The van der Waals surface area contributed by atoms with Gasteiger partial charge in [-0.05, 0) is 37.0 Å². The second-order valence-electron chi connectivity index (χ2n) is 8.05. The van der Waals surface area contributed by atoms with E-state index in [1.54, 1.807) is 0 Å². The number of ether oxygens (including phenoxy) is 1. The fraction of sp³-hybridized carbons (Fsp3) is 0.571. The van der Waals surface area contributed by atoms with Gasteiger partial charge >= 0.3 is 0 Å². The molecule has 8 heteroatoms. The average Bonchev–Trinajstić information content (AvgIpc) is 3.27. The van der Waals surface area contributed by atoms with Gasteiger partial charge in [0, 0.05) is 12.1 Å². The quantitative estimate of drug-likeness (QED) is 0.755. The zero-order valence-corrected chi connectivity index (χ0v) is 16.7. The molecule has 3 fully saturated rings. The van der Waals surface area contributed by atoms with Crippen LogP contribution in [0.5, 0.6) is 0 Å². The molecule has 1 N–H and O–H groups in total. The molecule has 4 atom stereocenters. The summed E-state index contributed by atoms with van der Waals surface area (Å²) in [7, 11) is 0. The van der Waals surface area contributed by atoms with Gasteiger partial charge in [0.15, 0.2) is 5.78 Å². The number of nitrogens with one attached hydrogen (secondary N) is 1. The van der Waals surface area contributed by atoms with Crippen molar-refractivity contribution in [3.05, 3.63) is 35.6 Å². The van der Waals surface area contributed by atoms with Crippen LogP contribution in [0.3, 0.4) is 0 Å². The number of rotatable bonds is 4. The molecule has 1 aliphatic carbocycles. The number of nitrogens with zero attached hydrogens (tertiary/aromatic N) is 1. The zero-order valence-electron chi connectivity index (χ0n) is 16.0. The van der Waals surface area contributed by atoms with E-state index in [-0.39, 0.29) is 36.3 Å². The van der Waals surface area contributed by atoms with Gasteiger partial charge < -0.3 is 15.0 Å². The van der Waals surface area contributed by atoms with Crippen LogP contribution in [0.25, 0.3) is 0 Å². The molecule has 0 spiro atoms. The van der Waals surface area contributed by atoms with Crippen LogP contribution >= 0.6 is 11.6 Å². The monoisotopic (exact) mass is 422 g/mol. The van der Waals surface area contributed by atoms with E-state index in [9.17, 15) is 18.8 Å². The number of benzene rings is 1. The number of ketones is 1. The minimum absolute atomic E-state index is 0.0287. The van der Waals surface area contributed by atoms with E-state index in [1.165, 1.54) is 23.1 Å². The normalized spacial score (nSPS) is 28.3. The summed E-state index contributed by atoms with van der Waals surface area (Å²) in [4.78, 5) is 40.0. The molecule has 2 saturated heterocycles. The minimum atomic E-state index is -0.776. The number of hydrogen-bond acceptors (Lipinski definition) is 4. The Morgan fingerprint density at radius 3 is 2.72 bits per heavy atom. The van der Waals surface area contributed by atoms with Gasteiger partial charge in [-0.1, -0.05) is 25.3 Å². The summed E-state index contributed by atoms with van der Waals surface area (Å²) in [5, 5.41) is 2.37. The number of halogens is 2. The molecule has 3 aliphatic rings. The van der Waals surface area contributed by atoms with Crippen LogP contribution in [0.4, 0.5) is 4.39 Å². The largest absolute Gasteiger partial charge is 0.366 e. The standard InChI is InChI=1S/C21H24ClFN2O4/c22-15-10-25(18-16(26)11-29-19(15)18)21(28)17(12-5-2-1-3-6-12)24-20(27)13-7-4-8-14(23)9-13/h4,7-9,12,15,17-19H,1-3,5-6,10-11H2,(H,24,27)/t15-,17-,18+,19+/m0/s1. The topological polar surface area (TPSA) is 75.7 Å². The summed E-state index contributed by atoms with van der Waals surface area (Å²) < 4.78 is 19.0. The molecule has 1 saturated carbocycles. The summed E-state index contributed by atoms with van der Waals surface area (Å²) >= 11 is 6.33. The first-order chi connectivity index (χ1) is 14.0. The number of amides is 2. The molecule has 29 heavy (non-hydrogen) atoms. The van der Waals surface area contributed by atoms with E-state index in [0.717, 1.165) is 38.2 Å². The smallest absolute Gasteiger partial charge is 0.252 e. The molecule has 0 unspecified atom stereocenters. The van der Waals surface area contributed by atoms with Crippen LogP contribution in [0.2, 0.25) is 0 Å². The van der Waals surface area contributed by atoms with E-state index in [4.69, 9.17) is 16.3 Å². The number of likely N-dealkylation sites (tertiary alicyclic amines) is 1. The van der Waals surface area contributed by atoms with E-state index >= 15 is 0 Å². The van der Waals surface area contributed by atoms with Crippen molar-refractivity contribution < 1.29 is 23.5 Å².